The largest absolute Gasteiger partial charge is 0.497 e. The highest BCUT2D eigenvalue weighted by atomic mass is 19.4. The van der Waals surface area contributed by atoms with E-state index in [0.29, 0.717) is 75.6 Å². The summed E-state index contributed by atoms with van der Waals surface area (Å²) in [6.07, 6.45) is 0.131. The summed E-state index contributed by atoms with van der Waals surface area (Å²) in [6.45, 7) is 5.50. The monoisotopic (exact) mass is 701 g/mol. The maximum Gasteiger partial charge on any atom is 0.416 e. The van der Waals surface area contributed by atoms with Crippen molar-refractivity contribution in [2.75, 3.05) is 65.0 Å². The van der Waals surface area contributed by atoms with Gasteiger partial charge in [-0.1, -0.05) is 18.2 Å². The number of aliphatic carboxylic acids is 1. The van der Waals surface area contributed by atoms with Crippen molar-refractivity contribution < 1.29 is 42.1 Å². The average molecular weight is 702 g/mol. The number of alkyl halides is 3. The Morgan fingerprint density at radius 3 is 2.18 bits per heavy atom. The van der Waals surface area contributed by atoms with E-state index in [9.17, 15) is 27.9 Å². The van der Waals surface area contributed by atoms with Gasteiger partial charge in [-0.15, -0.1) is 0 Å². The molecular formula is C38H50F3N3O6. The van der Waals surface area contributed by atoms with Crippen molar-refractivity contribution >= 4 is 17.6 Å². The second-order valence-corrected chi connectivity index (χ2v) is 14.3. The number of carboxylic acids is 1. The van der Waals surface area contributed by atoms with Gasteiger partial charge in [-0.25, -0.2) is 0 Å². The molecule has 6 rings (SSSR count). The van der Waals surface area contributed by atoms with E-state index >= 15 is 0 Å². The second-order valence-electron chi connectivity index (χ2n) is 14.3. The topological polar surface area (TPSA) is 91.8 Å². The summed E-state index contributed by atoms with van der Waals surface area (Å²) < 4.78 is 59.1. The molecule has 1 amide bonds. The molecule has 2 aromatic rings. The minimum absolute atomic E-state index is 0.0183. The predicted molar refractivity (Wildman–Crippen MR) is 183 cm³/mol. The summed E-state index contributed by atoms with van der Waals surface area (Å²) in [7, 11) is 3.22. The Balaban J connectivity index is 1.25. The summed E-state index contributed by atoms with van der Waals surface area (Å²) >= 11 is 0. The number of likely N-dealkylation sites (tertiary alicyclic amines) is 2. The smallest absolute Gasteiger partial charge is 0.416 e. The minimum Gasteiger partial charge on any atom is -0.497 e. The fourth-order valence-electron chi connectivity index (χ4n) is 8.78. The van der Waals surface area contributed by atoms with Crippen LogP contribution in [0.25, 0.3) is 0 Å². The molecular weight excluding hydrogens is 651 g/mol. The van der Waals surface area contributed by atoms with Crippen LogP contribution in [0.3, 0.4) is 0 Å². The maximum atomic E-state index is 14.6. The van der Waals surface area contributed by atoms with Crippen molar-refractivity contribution in [3.63, 3.8) is 0 Å². The zero-order valence-electron chi connectivity index (χ0n) is 29.2. The van der Waals surface area contributed by atoms with Crippen LogP contribution in [0.15, 0.2) is 42.5 Å². The number of methoxy groups -OCH3 is 2. The molecule has 4 atom stereocenters. The summed E-state index contributed by atoms with van der Waals surface area (Å²) in [5.41, 5.74) is 1.47. The third kappa shape index (κ3) is 7.77. The van der Waals surface area contributed by atoms with E-state index in [0.717, 1.165) is 49.6 Å². The number of halogens is 3. The van der Waals surface area contributed by atoms with E-state index < -0.39 is 29.7 Å². The zero-order valence-corrected chi connectivity index (χ0v) is 29.2. The number of benzene rings is 2. The number of nitrogens with zero attached hydrogens (tertiary/aromatic N) is 3. The molecule has 3 aliphatic heterocycles. The standard InChI is InChI=1S/C38H50F3N3O6/c1-4-50-29-12-8-27(9-13-29)43-20-31(24-5-10-28(48-2)11-6-24)33(22-43)36(45)44-21-32(35(23-44)49-3)30-14-7-26(38(39,40)41)19-34(30)42-17-15-25(16-18-42)37(46)47/h5-7,10-11,14,19,25,27,29,31-33,35H,4,8-9,12-13,15-18,20-23H2,1-3H3,(H,46,47)/t27-,29-,31-,32+,33+,35-/m0/s1. The first-order chi connectivity index (χ1) is 24.0. The lowest BCUT2D eigenvalue weighted by atomic mass is 9.88. The summed E-state index contributed by atoms with van der Waals surface area (Å²) in [6, 6.07) is 12.2. The van der Waals surface area contributed by atoms with Crippen LogP contribution in [0, 0.1) is 11.8 Å². The van der Waals surface area contributed by atoms with Crippen molar-refractivity contribution in [3.8, 4) is 5.75 Å². The van der Waals surface area contributed by atoms with Crippen LogP contribution in [0.5, 0.6) is 5.75 Å². The fourth-order valence-corrected chi connectivity index (χ4v) is 8.78. The van der Waals surface area contributed by atoms with E-state index in [1.807, 2.05) is 41.0 Å². The van der Waals surface area contributed by atoms with Crippen LogP contribution in [-0.4, -0.2) is 105 Å². The number of amides is 1. The number of carbonyl (C=O) groups excluding carboxylic acids is 1. The molecule has 12 heteroatoms. The lowest BCUT2D eigenvalue weighted by Crippen LogP contribution is -2.40. The number of rotatable bonds is 10. The van der Waals surface area contributed by atoms with Gasteiger partial charge in [0.2, 0.25) is 5.91 Å². The highest BCUT2D eigenvalue weighted by Crippen LogP contribution is 2.43. The van der Waals surface area contributed by atoms with Crippen molar-refractivity contribution in [3.05, 3.63) is 59.2 Å². The molecule has 3 saturated heterocycles. The Labute approximate surface area is 292 Å². The van der Waals surface area contributed by atoms with E-state index in [4.69, 9.17) is 14.2 Å². The van der Waals surface area contributed by atoms with Gasteiger partial charge in [-0.05, 0) is 80.8 Å². The van der Waals surface area contributed by atoms with Gasteiger partial charge in [-0.2, -0.15) is 13.2 Å². The fraction of sp³-hybridized carbons (Fsp3) is 0.632. The molecule has 50 heavy (non-hydrogen) atoms. The van der Waals surface area contributed by atoms with Crippen LogP contribution in [0.1, 0.15) is 74.0 Å². The van der Waals surface area contributed by atoms with Crippen molar-refractivity contribution in [2.45, 2.75) is 81.7 Å². The van der Waals surface area contributed by atoms with E-state index in [1.54, 1.807) is 14.2 Å². The lowest BCUT2D eigenvalue weighted by molar-refractivity contribution is -0.142. The molecule has 274 valence electrons. The van der Waals surface area contributed by atoms with Crippen LogP contribution in [0.2, 0.25) is 0 Å². The molecule has 2 aromatic carbocycles. The first kappa shape index (κ1) is 36.4. The van der Waals surface area contributed by atoms with Crippen LogP contribution in [-0.2, 0) is 25.2 Å². The summed E-state index contributed by atoms with van der Waals surface area (Å²) in [4.78, 5) is 32.4. The van der Waals surface area contributed by atoms with Gasteiger partial charge < -0.3 is 29.1 Å². The van der Waals surface area contributed by atoms with Gasteiger partial charge in [-0.3, -0.25) is 14.5 Å². The quantitative estimate of drug-likeness (QED) is 0.322. The normalized spacial score (nSPS) is 28.3. The number of ether oxygens (including phenoxy) is 3. The van der Waals surface area contributed by atoms with E-state index in [2.05, 4.69) is 4.90 Å². The van der Waals surface area contributed by atoms with Gasteiger partial charge in [0.1, 0.15) is 5.75 Å². The minimum atomic E-state index is -4.53. The predicted octanol–water partition coefficient (Wildman–Crippen LogP) is 6.02. The molecule has 9 nitrogen and oxygen atoms in total. The van der Waals surface area contributed by atoms with Crippen molar-refractivity contribution in [2.24, 2.45) is 11.8 Å². The molecule has 4 fully saturated rings. The number of carboxylic acid groups (broad SMARTS) is 1. The van der Waals surface area contributed by atoms with Crippen LogP contribution in [0.4, 0.5) is 18.9 Å². The Hall–Kier alpha value is -3.35. The average Bonchev–Trinajstić information content (AvgIpc) is 3.77. The second kappa shape index (κ2) is 15.5. The molecule has 4 aliphatic rings. The summed E-state index contributed by atoms with van der Waals surface area (Å²) in [5, 5.41) is 9.51. The molecule has 1 N–H and O–H groups in total. The highest BCUT2D eigenvalue weighted by molar-refractivity contribution is 5.81. The molecule has 1 saturated carbocycles. The SMILES string of the molecule is CCO[C@H]1CC[C@H](N2C[C@@H](C(=O)N3C[C@H](OC)[C@@H](c4ccc(C(F)(F)F)cc4N4CCC(C(=O)O)CC4)C3)[C@H](c3ccc(OC)cc3)C2)CC1. The Morgan fingerprint density at radius 2 is 1.58 bits per heavy atom. The van der Waals surface area contributed by atoms with Crippen molar-refractivity contribution in [1.29, 1.82) is 0 Å². The Morgan fingerprint density at radius 1 is 0.880 bits per heavy atom. The first-order valence-corrected chi connectivity index (χ1v) is 18.0. The van der Waals surface area contributed by atoms with Crippen molar-refractivity contribution in [1.82, 2.24) is 9.80 Å². The number of hydrogen-bond donors (Lipinski definition) is 1. The van der Waals surface area contributed by atoms with Gasteiger partial charge in [0, 0.05) is 76.6 Å². The van der Waals surface area contributed by atoms with Crippen LogP contribution < -0.4 is 9.64 Å². The van der Waals surface area contributed by atoms with Gasteiger partial charge in [0.15, 0.2) is 0 Å². The number of hydrogen-bond acceptors (Lipinski definition) is 7. The zero-order chi connectivity index (χ0) is 35.6. The van der Waals surface area contributed by atoms with E-state index in [1.165, 1.54) is 12.1 Å². The third-order valence-corrected chi connectivity index (χ3v) is 11.6. The Bertz CT molecular complexity index is 1470. The number of carbonyl (C=O) groups is 2. The maximum absolute atomic E-state index is 14.6. The van der Waals surface area contributed by atoms with E-state index in [-0.39, 0.29) is 23.7 Å². The highest BCUT2D eigenvalue weighted by Gasteiger charge is 2.47. The molecule has 3 heterocycles. The van der Waals surface area contributed by atoms with Gasteiger partial charge >= 0.3 is 12.1 Å². The number of piperidine rings is 1. The third-order valence-electron chi connectivity index (χ3n) is 11.6. The molecule has 0 unspecified atom stereocenters. The Kier molecular flexibility index (Phi) is 11.3. The first-order valence-electron chi connectivity index (χ1n) is 18.0. The number of anilines is 1. The molecule has 0 spiro atoms. The van der Waals surface area contributed by atoms with Crippen LogP contribution >= 0.6 is 0 Å². The molecule has 1 aliphatic carbocycles. The molecule has 0 bridgehead atoms. The molecule has 0 aromatic heterocycles. The lowest BCUT2D eigenvalue weighted by Gasteiger charge is -2.35. The summed E-state index contributed by atoms with van der Waals surface area (Å²) in [5.74, 6) is -1.25. The van der Waals surface area contributed by atoms with Gasteiger partial charge in [0.25, 0.3) is 0 Å². The van der Waals surface area contributed by atoms with Gasteiger partial charge in [0.05, 0.1) is 36.7 Å². The molecule has 0 radical (unpaired) electrons.